The van der Waals surface area contributed by atoms with E-state index in [9.17, 15) is 4.79 Å². The fraction of sp³-hybridized carbons (Fsp3) is 0.765. The maximum absolute atomic E-state index is 12.7. The van der Waals surface area contributed by atoms with E-state index >= 15 is 0 Å². The predicted octanol–water partition coefficient (Wildman–Crippen LogP) is 1.24. The van der Waals surface area contributed by atoms with Gasteiger partial charge in [0.15, 0.2) is 5.82 Å². The minimum Gasteiger partial charge on any atom is -0.383 e. The van der Waals surface area contributed by atoms with Crippen molar-refractivity contribution in [3.63, 3.8) is 0 Å². The molecule has 134 valence electrons. The number of hydrogen-bond acceptors (Lipinski definition) is 5. The highest BCUT2D eigenvalue weighted by Gasteiger charge is 2.30. The molecule has 7 heteroatoms. The number of anilines is 2. The molecule has 1 unspecified atom stereocenters. The summed E-state index contributed by atoms with van der Waals surface area (Å²) in [6.07, 6.45) is 3.30. The molecule has 0 radical (unpaired) electrons. The Morgan fingerprint density at radius 1 is 1.33 bits per heavy atom. The molecule has 1 N–H and O–H groups in total. The third-order valence-electron chi connectivity index (χ3n) is 5.22. The molecule has 7 nitrogen and oxygen atoms in total. The lowest BCUT2D eigenvalue weighted by molar-refractivity contribution is -0.119. The summed E-state index contributed by atoms with van der Waals surface area (Å²) in [5.74, 6) is 1.09. The lowest BCUT2D eigenvalue weighted by Gasteiger charge is -2.18. The molecule has 1 aromatic rings. The first-order chi connectivity index (χ1) is 11.6. The molecular weight excluding hydrogens is 306 g/mol. The number of amides is 1. The largest absolute Gasteiger partial charge is 0.383 e. The molecule has 0 spiro atoms. The summed E-state index contributed by atoms with van der Waals surface area (Å²) in [5, 5.41) is 7.80. The number of carbonyl (C=O) groups is 1. The van der Waals surface area contributed by atoms with Crippen molar-refractivity contribution in [3.05, 3.63) is 5.69 Å². The van der Waals surface area contributed by atoms with Gasteiger partial charge in [-0.25, -0.2) is 0 Å². The molecule has 3 rings (SSSR count). The molecule has 2 aliphatic rings. The highest BCUT2D eigenvalue weighted by atomic mass is 16.5. The first kappa shape index (κ1) is 17.2. The number of methoxy groups -OCH3 is 1. The third-order valence-corrected chi connectivity index (χ3v) is 5.22. The second-order valence-corrected chi connectivity index (χ2v) is 6.87. The van der Waals surface area contributed by atoms with Gasteiger partial charge in [0, 0.05) is 40.3 Å². The molecule has 1 aromatic heterocycles. The van der Waals surface area contributed by atoms with E-state index in [1.54, 1.807) is 7.11 Å². The van der Waals surface area contributed by atoms with Crippen LogP contribution in [0.3, 0.4) is 0 Å². The van der Waals surface area contributed by atoms with Crippen LogP contribution in [0.4, 0.5) is 11.5 Å². The zero-order chi connectivity index (χ0) is 17.1. The first-order valence-corrected chi connectivity index (χ1v) is 8.91. The van der Waals surface area contributed by atoms with Gasteiger partial charge in [-0.05, 0) is 32.7 Å². The summed E-state index contributed by atoms with van der Waals surface area (Å²) >= 11 is 0. The summed E-state index contributed by atoms with van der Waals surface area (Å²) in [6, 6.07) is 0. The lowest BCUT2D eigenvalue weighted by atomic mass is 10.1. The smallest absolute Gasteiger partial charge is 0.228 e. The molecule has 2 aliphatic heterocycles. The van der Waals surface area contributed by atoms with Crippen molar-refractivity contribution in [2.45, 2.75) is 26.2 Å². The second-order valence-electron chi connectivity index (χ2n) is 6.87. The molecule has 3 heterocycles. The summed E-state index contributed by atoms with van der Waals surface area (Å²) < 4.78 is 6.99. The van der Waals surface area contributed by atoms with E-state index in [4.69, 9.17) is 4.74 Å². The highest BCUT2D eigenvalue weighted by Crippen LogP contribution is 2.31. The topological polar surface area (TPSA) is 62.6 Å². The van der Waals surface area contributed by atoms with E-state index in [1.165, 1.54) is 12.8 Å². The Kier molecular flexibility index (Phi) is 5.40. The number of nitrogens with zero attached hydrogens (tertiary/aromatic N) is 4. The number of aromatic nitrogens is 2. The number of nitrogens with one attached hydrogen (secondary N) is 1. The molecule has 2 fully saturated rings. The average molecular weight is 335 g/mol. The van der Waals surface area contributed by atoms with Gasteiger partial charge in [-0.2, -0.15) is 5.10 Å². The monoisotopic (exact) mass is 335 g/mol. The van der Waals surface area contributed by atoms with Crippen LogP contribution in [0.2, 0.25) is 0 Å². The number of aryl methyl sites for hydroxylation is 1. The number of rotatable bonds is 6. The van der Waals surface area contributed by atoms with Crippen molar-refractivity contribution >= 4 is 17.4 Å². The van der Waals surface area contributed by atoms with Crippen molar-refractivity contribution in [1.82, 2.24) is 14.7 Å². The predicted molar refractivity (Wildman–Crippen MR) is 94.4 cm³/mol. The molecule has 1 atom stereocenters. The SMILES string of the molecule is COCCN1CCC(C(=O)Nc2c(N3CCCC3)nn(C)c2C)C1. The number of ether oxygens (including phenoxy) is 1. The Balaban J connectivity index is 1.66. The van der Waals surface area contributed by atoms with Gasteiger partial charge in [0.05, 0.1) is 18.2 Å². The Labute approximate surface area is 143 Å². The van der Waals surface area contributed by atoms with Crippen LogP contribution in [0.15, 0.2) is 0 Å². The third kappa shape index (κ3) is 3.57. The van der Waals surface area contributed by atoms with Gasteiger partial charge < -0.3 is 19.9 Å². The van der Waals surface area contributed by atoms with Crippen LogP contribution in [-0.4, -0.2) is 67.0 Å². The minimum atomic E-state index is 0.0490. The summed E-state index contributed by atoms with van der Waals surface area (Å²) in [7, 11) is 3.65. The standard InChI is InChI=1S/C17H29N5O2/c1-13-15(16(19-20(13)2)22-7-4-5-8-22)18-17(23)14-6-9-21(12-14)10-11-24-3/h14H,4-12H2,1-3H3,(H,18,23). The minimum absolute atomic E-state index is 0.0490. The molecule has 1 amide bonds. The van der Waals surface area contributed by atoms with Crippen LogP contribution in [0.25, 0.3) is 0 Å². The number of hydrogen-bond donors (Lipinski definition) is 1. The fourth-order valence-corrected chi connectivity index (χ4v) is 3.58. The zero-order valence-electron chi connectivity index (χ0n) is 15.0. The van der Waals surface area contributed by atoms with Gasteiger partial charge in [0.1, 0.15) is 5.69 Å². The van der Waals surface area contributed by atoms with Crippen molar-refractivity contribution < 1.29 is 9.53 Å². The molecule has 0 aromatic carbocycles. The van der Waals surface area contributed by atoms with Crippen molar-refractivity contribution in [3.8, 4) is 0 Å². The Hall–Kier alpha value is -1.60. The van der Waals surface area contributed by atoms with Crippen LogP contribution in [0.5, 0.6) is 0 Å². The summed E-state index contributed by atoms with van der Waals surface area (Å²) in [5.41, 5.74) is 1.90. The number of likely N-dealkylation sites (tertiary alicyclic amines) is 1. The second kappa shape index (κ2) is 7.53. The van der Waals surface area contributed by atoms with Crippen molar-refractivity contribution in [2.24, 2.45) is 13.0 Å². The molecule has 2 saturated heterocycles. The molecule has 0 saturated carbocycles. The van der Waals surface area contributed by atoms with E-state index in [0.29, 0.717) is 0 Å². The van der Waals surface area contributed by atoms with E-state index in [-0.39, 0.29) is 11.8 Å². The van der Waals surface area contributed by atoms with Crippen LogP contribution in [0.1, 0.15) is 25.0 Å². The van der Waals surface area contributed by atoms with E-state index in [0.717, 1.165) is 63.0 Å². The van der Waals surface area contributed by atoms with Gasteiger partial charge in [-0.15, -0.1) is 0 Å². The Morgan fingerprint density at radius 3 is 2.79 bits per heavy atom. The van der Waals surface area contributed by atoms with Crippen molar-refractivity contribution in [1.29, 1.82) is 0 Å². The van der Waals surface area contributed by atoms with Gasteiger partial charge in [-0.1, -0.05) is 0 Å². The van der Waals surface area contributed by atoms with Crippen molar-refractivity contribution in [2.75, 3.05) is 56.7 Å². The molecule has 24 heavy (non-hydrogen) atoms. The van der Waals surface area contributed by atoms with Gasteiger partial charge in [-0.3, -0.25) is 9.48 Å². The Morgan fingerprint density at radius 2 is 2.08 bits per heavy atom. The zero-order valence-corrected chi connectivity index (χ0v) is 15.0. The maximum Gasteiger partial charge on any atom is 0.228 e. The molecule has 0 aliphatic carbocycles. The summed E-state index contributed by atoms with van der Waals surface area (Å²) in [4.78, 5) is 17.3. The maximum atomic E-state index is 12.7. The van der Waals surface area contributed by atoms with Gasteiger partial charge in [0.25, 0.3) is 0 Å². The van der Waals surface area contributed by atoms with Crippen LogP contribution >= 0.6 is 0 Å². The van der Waals surface area contributed by atoms with E-state index in [2.05, 4.69) is 20.2 Å². The van der Waals surface area contributed by atoms with E-state index in [1.807, 2.05) is 18.7 Å². The van der Waals surface area contributed by atoms with Crippen LogP contribution in [0, 0.1) is 12.8 Å². The Bertz CT molecular complexity index is 580. The number of carbonyl (C=O) groups excluding carboxylic acids is 1. The van der Waals surface area contributed by atoms with Gasteiger partial charge in [0.2, 0.25) is 5.91 Å². The van der Waals surface area contributed by atoms with Gasteiger partial charge >= 0.3 is 0 Å². The van der Waals surface area contributed by atoms with E-state index < -0.39 is 0 Å². The quantitative estimate of drug-likeness (QED) is 0.847. The van der Waals surface area contributed by atoms with Crippen LogP contribution < -0.4 is 10.2 Å². The fourth-order valence-electron chi connectivity index (χ4n) is 3.58. The lowest BCUT2D eigenvalue weighted by Crippen LogP contribution is -2.29. The molecular formula is C17H29N5O2. The average Bonchev–Trinajstić information content (AvgIpc) is 3.30. The normalized spacial score (nSPS) is 21.6. The summed E-state index contributed by atoms with van der Waals surface area (Å²) in [6.45, 7) is 7.45. The first-order valence-electron chi connectivity index (χ1n) is 8.91. The van der Waals surface area contributed by atoms with Crippen LogP contribution in [-0.2, 0) is 16.6 Å². The highest BCUT2D eigenvalue weighted by molar-refractivity contribution is 5.96. The molecule has 0 bridgehead atoms.